The summed E-state index contributed by atoms with van der Waals surface area (Å²) in [6, 6.07) is 6.18. The molecule has 0 spiro atoms. The van der Waals surface area contributed by atoms with E-state index in [1.165, 1.54) is 18.6 Å². The number of thioether (sulfide) groups is 1. The smallest absolute Gasteiger partial charge is 0.120 e. The molecule has 2 heterocycles. The Morgan fingerprint density at radius 3 is 3.20 bits per heavy atom. The molecule has 2 aromatic rings. The van der Waals surface area contributed by atoms with Crippen LogP contribution in [0.5, 0.6) is 0 Å². The summed E-state index contributed by atoms with van der Waals surface area (Å²) in [5.41, 5.74) is 2.20. The second-order valence-corrected chi connectivity index (χ2v) is 6.01. The number of aromatic amines is 1. The SMILES string of the molecule is Brc1ccc2nc(C3CCCS3)[nH]c2c1. The molecule has 1 aromatic heterocycles. The predicted molar refractivity (Wildman–Crippen MR) is 68.2 cm³/mol. The van der Waals surface area contributed by atoms with Gasteiger partial charge in [0, 0.05) is 4.47 Å². The van der Waals surface area contributed by atoms with Crippen LogP contribution in [0, 0.1) is 0 Å². The molecule has 2 nitrogen and oxygen atoms in total. The van der Waals surface area contributed by atoms with Gasteiger partial charge >= 0.3 is 0 Å². The van der Waals surface area contributed by atoms with Crippen LogP contribution in [0.2, 0.25) is 0 Å². The molecule has 1 aromatic carbocycles. The van der Waals surface area contributed by atoms with Crippen LogP contribution >= 0.6 is 27.7 Å². The van der Waals surface area contributed by atoms with Crippen molar-refractivity contribution in [2.24, 2.45) is 0 Å². The summed E-state index contributed by atoms with van der Waals surface area (Å²) in [5, 5.41) is 0.580. The van der Waals surface area contributed by atoms with E-state index >= 15 is 0 Å². The predicted octanol–water partition coefficient (Wildman–Crippen LogP) is 3.89. The van der Waals surface area contributed by atoms with E-state index in [2.05, 4.69) is 38.0 Å². The van der Waals surface area contributed by atoms with E-state index in [0.29, 0.717) is 5.25 Å². The van der Waals surface area contributed by atoms with Crippen molar-refractivity contribution in [2.75, 3.05) is 5.75 Å². The summed E-state index contributed by atoms with van der Waals surface area (Å²) in [5.74, 6) is 2.41. The topological polar surface area (TPSA) is 28.7 Å². The highest BCUT2D eigenvalue weighted by atomic mass is 79.9. The van der Waals surface area contributed by atoms with Crippen LogP contribution in [0.3, 0.4) is 0 Å². The molecule has 78 valence electrons. The second kappa shape index (κ2) is 3.83. The lowest BCUT2D eigenvalue weighted by molar-refractivity contribution is 0.793. The first-order valence-electron chi connectivity index (χ1n) is 5.10. The van der Waals surface area contributed by atoms with Crippen LogP contribution in [0.4, 0.5) is 0 Å². The molecule has 0 saturated carbocycles. The fraction of sp³-hybridized carbons (Fsp3) is 0.364. The number of nitrogens with one attached hydrogen (secondary N) is 1. The van der Waals surface area contributed by atoms with E-state index in [4.69, 9.17) is 0 Å². The summed E-state index contributed by atoms with van der Waals surface area (Å²) in [4.78, 5) is 8.06. The second-order valence-electron chi connectivity index (χ2n) is 3.79. The Morgan fingerprint density at radius 2 is 2.40 bits per heavy atom. The van der Waals surface area contributed by atoms with Crippen molar-refractivity contribution in [1.82, 2.24) is 9.97 Å². The normalized spacial score (nSPS) is 21.3. The average Bonchev–Trinajstić information content (AvgIpc) is 2.84. The van der Waals surface area contributed by atoms with Gasteiger partial charge in [-0.2, -0.15) is 11.8 Å². The fourth-order valence-corrected chi connectivity index (χ4v) is 3.53. The molecular weight excluding hydrogens is 272 g/mol. The number of nitrogens with zero attached hydrogens (tertiary/aromatic N) is 1. The summed E-state index contributed by atoms with van der Waals surface area (Å²) in [6.45, 7) is 0. The molecule has 3 rings (SSSR count). The van der Waals surface area contributed by atoms with Crippen molar-refractivity contribution in [3.63, 3.8) is 0 Å². The van der Waals surface area contributed by atoms with Crippen LogP contribution in [0.15, 0.2) is 22.7 Å². The van der Waals surface area contributed by atoms with Gasteiger partial charge in [-0.3, -0.25) is 0 Å². The van der Waals surface area contributed by atoms with Gasteiger partial charge in [0.25, 0.3) is 0 Å². The average molecular weight is 283 g/mol. The summed E-state index contributed by atoms with van der Waals surface area (Å²) in [7, 11) is 0. The Labute approximate surface area is 101 Å². The maximum absolute atomic E-state index is 4.64. The lowest BCUT2D eigenvalue weighted by Crippen LogP contribution is -1.90. The quantitative estimate of drug-likeness (QED) is 0.860. The maximum atomic E-state index is 4.64. The van der Waals surface area contributed by atoms with Crippen molar-refractivity contribution in [2.45, 2.75) is 18.1 Å². The Morgan fingerprint density at radius 1 is 1.47 bits per heavy atom. The number of benzene rings is 1. The van der Waals surface area contributed by atoms with E-state index in [1.807, 2.05) is 17.8 Å². The number of aromatic nitrogens is 2. The van der Waals surface area contributed by atoms with Crippen molar-refractivity contribution >= 4 is 38.7 Å². The van der Waals surface area contributed by atoms with Crippen LogP contribution < -0.4 is 0 Å². The zero-order chi connectivity index (χ0) is 10.3. The number of hydrogen-bond donors (Lipinski definition) is 1. The number of rotatable bonds is 1. The molecule has 0 bridgehead atoms. The van der Waals surface area contributed by atoms with E-state index in [0.717, 1.165) is 21.3 Å². The molecule has 1 aliphatic rings. The molecule has 1 saturated heterocycles. The highest BCUT2D eigenvalue weighted by molar-refractivity contribution is 9.10. The Balaban J connectivity index is 2.05. The largest absolute Gasteiger partial charge is 0.341 e. The van der Waals surface area contributed by atoms with E-state index in [9.17, 15) is 0 Å². The molecule has 1 fully saturated rings. The first kappa shape index (κ1) is 9.73. The van der Waals surface area contributed by atoms with E-state index in [1.54, 1.807) is 0 Å². The molecule has 0 radical (unpaired) electrons. The van der Waals surface area contributed by atoms with Gasteiger partial charge in [-0.05, 0) is 36.8 Å². The monoisotopic (exact) mass is 282 g/mol. The summed E-state index contributed by atoms with van der Waals surface area (Å²) in [6.07, 6.45) is 2.57. The van der Waals surface area contributed by atoms with Gasteiger partial charge in [0.05, 0.1) is 16.3 Å². The lowest BCUT2D eigenvalue weighted by Gasteiger charge is -2.01. The van der Waals surface area contributed by atoms with Gasteiger partial charge in [0.15, 0.2) is 0 Å². The molecule has 1 aliphatic heterocycles. The molecule has 0 amide bonds. The number of halogens is 1. The number of hydrogen-bond acceptors (Lipinski definition) is 2. The third-order valence-corrected chi connectivity index (χ3v) is 4.58. The molecule has 0 aliphatic carbocycles. The summed E-state index contributed by atoms with van der Waals surface area (Å²) < 4.78 is 1.10. The van der Waals surface area contributed by atoms with Crippen LogP contribution in [0.25, 0.3) is 11.0 Å². The highest BCUT2D eigenvalue weighted by Gasteiger charge is 2.20. The van der Waals surface area contributed by atoms with E-state index < -0.39 is 0 Å². The molecule has 1 unspecified atom stereocenters. The third-order valence-electron chi connectivity index (χ3n) is 2.70. The van der Waals surface area contributed by atoms with Gasteiger partial charge in [0.2, 0.25) is 0 Å². The Bertz CT molecular complexity index is 488. The van der Waals surface area contributed by atoms with Crippen molar-refractivity contribution in [3.05, 3.63) is 28.5 Å². The third kappa shape index (κ3) is 1.81. The Kier molecular flexibility index (Phi) is 2.48. The summed E-state index contributed by atoms with van der Waals surface area (Å²) >= 11 is 5.48. The molecule has 15 heavy (non-hydrogen) atoms. The van der Waals surface area contributed by atoms with Gasteiger partial charge in [-0.1, -0.05) is 15.9 Å². The molecule has 1 atom stereocenters. The van der Waals surface area contributed by atoms with Crippen molar-refractivity contribution in [3.8, 4) is 0 Å². The van der Waals surface area contributed by atoms with Crippen molar-refractivity contribution < 1.29 is 0 Å². The van der Waals surface area contributed by atoms with Crippen LogP contribution in [-0.2, 0) is 0 Å². The minimum Gasteiger partial charge on any atom is -0.341 e. The lowest BCUT2D eigenvalue weighted by atomic mass is 10.2. The van der Waals surface area contributed by atoms with Gasteiger partial charge in [0.1, 0.15) is 5.82 Å². The fourth-order valence-electron chi connectivity index (χ4n) is 1.95. The standard InChI is InChI=1S/C11H11BrN2S/c12-7-3-4-8-9(6-7)14-11(13-8)10-2-1-5-15-10/h3-4,6,10H,1-2,5H2,(H,13,14). The molecular formula is C11H11BrN2S. The zero-order valence-corrected chi connectivity index (χ0v) is 10.6. The van der Waals surface area contributed by atoms with Gasteiger partial charge in [-0.25, -0.2) is 4.98 Å². The van der Waals surface area contributed by atoms with E-state index in [-0.39, 0.29) is 0 Å². The minimum atomic E-state index is 0.580. The highest BCUT2D eigenvalue weighted by Crippen LogP contribution is 2.39. The van der Waals surface area contributed by atoms with Crippen molar-refractivity contribution in [1.29, 1.82) is 0 Å². The number of fused-ring (bicyclic) bond motifs is 1. The molecule has 4 heteroatoms. The number of imidazole rings is 1. The zero-order valence-electron chi connectivity index (χ0n) is 8.16. The first-order valence-corrected chi connectivity index (χ1v) is 6.94. The first-order chi connectivity index (χ1) is 7.33. The number of H-pyrrole nitrogens is 1. The van der Waals surface area contributed by atoms with Crippen LogP contribution in [-0.4, -0.2) is 15.7 Å². The maximum Gasteiger partial charge on any atom is 0.120 e. The Hall–Kier alpha value is -0.480. The van der Waals surface area contributed by atoms with Gasteiger partial charge in [-0.15, -0.1) is 0 Å². The van der Waals surface area contributed by atoms with Gasteiger partial charge < -0.3 is 4.98 Å². The minimum absolute atomic E-state index is 0.580. The molecule has 1 N–H and O–H groups in total. The van der Waals surface area contributed by atoms with Crippen LogP contribution in [0.1, 0.15) is 23.9 Å².